The molecule has 1 fully saturated rings. The minimum absolute atomic E-state index is 0.0578. The molecule has 0 aromatic heterocycles. The number of benzene rings is 1. The van der Waals surface area contributed by atoms with Crippen molar-refractivity contribution in [1.29, 1.82) is 0 Å². The third-order valence-electron chi connectivity index (χ3n) is 2.60. The number of nitrogens with one attached hydrogen (secondary N) is 1. The van der Waals surface area contributed by atoms with E-state index in [-0.39, 0.29) is 11.9 Å². The first-order valence-corrected chi connectivity index (χ1v) is 5.84. The number of hydrogen-bond acceptors (Lipinski definition) is 3. The first-order valence-electron chi connectivity index (χ1n) is 5.39. The minimum atomic E-state index is 0.0578. The number of amides is 1. The van der Waals surface area contributed by atoms with Gasteiger partial charge < -0.3 is 10.1 Å². The van der Waals surface area contributed by atoms with Gasteiger partial charge in [-0.3, -0.25) is 4.79 Å². The van der Waals surface area contributed by atoms with Crippen molar-refractivity contribution >= 4 is 18.5 Å². The molecule has 1 heterocycles. The third-order valence-corrected chi connectivity index (χ3v) is 2.89. The van der Waals surface area contributed by atoms with Crippen molar-refractivity contribution < 1.29 is 9.53 Å². The second-order valence-corrected chi connectivity index (χ2v) is 4.49. The van der Waals surface area contributed by atoms with E-state index in [1.54, 1.807) is 0 Å². The molecule has 1 aromatic rings. The molecule has 0 spiro atoms. The van der Waals surface area contributed by atoms with Gasteiger partial charge in [-0.2, -0.15) is 0 Å². The van der Waals surface area contributed by atoms with Gasteiger partial charge in [-0.1, -0.05) is 12.1 Å². The summed E-state index contributed by atoms with van der Waals surface area (Å²) in [5, 5.41) is 2.96. The maximum Gasteiger partial charge on any atom is 0.224 e. The molecule has 1 saturated heterocycles. The van der Waals surface area contributed by atoms with Crippen molar-refractivity contribution in [2.75, 3.05) is 13.2 Å². The van der Waals surface area contributed by atoms with E-state index < -0.39 is 0 Å². The number of ether oxygens (including phenoxy) is 1. The Bertz CT molecular complexity index is 358. The van der Waals surface area contributed by atoms with Gasteiger partial charge in [0.25, 0.3) is 0 Å². The highest BCUT2D eigenvalue weighted by atomic mass is 32.1. The first-order chi connectivity index (χ1) is 7.74. The van der Waals surface area contributed by atoms with Crippen LogP contribution in [0.1, 0.15) is 12.0 Å². The predicted molar refractivity (Wildman–Crippen MR) is 64.8 cm³/mol. The number of carbonyl (C=O) groups is 1. The highest BCUT2D eigenvalue weighted by molar-refractivity contribution is 7.80. The van der Waals surface area contributed by atoms with Crippen molar-refractivity contribution in [3.63, 3.8) is 0 Å². The molecule has 1 amide bonds. The van der Waals surface area contributed by atoms with Crippen LogP contribution in [0.25, 0.3) is 0 Å². The maximum atomic E-state index is 11.7. The van der Waals surface area contributed by atoms with Gasteiger partial charge in [-0.25, -0.2) is 0 Å². The maximum absolute atomic E-state index is 11.7. The van der Waals surface area contributed by atoms with E-state index in [9.17, 15) is 4.79 Å². The quantitative estimate of drug-likeness (QED) is 0.780. The lowest BCUT2D eigenvalue weighted by atomic mass is 10.1. The molecule has 0 aliphatic carbocycles. The van der Waals surface area contributed by atoms with E-state index in [0.717, 1.165) is 23.5 Å². The van der Waals surface area contributed by atoms with Crippen LogP contribution < -0.4 is 5.32 Å². The molecule has 4 heteroatoms. The highest BCUT2D eigenvalue weighted by Gasteiger charge is 2.17. The van der Waals surface area contributed by atoms with Crippen LogP contribution >= 0.6 is 12.6 Å². The zero-order chi connectivity index (χ0) is 11.4. The van der Waals surface area contributed by atoms with Crippen LogP contribution in [0.2, 0.25) is 0 Å². The fourth-order valence-electron chi connectivity index (χ4n) is 1.73. The van der Waals surface area contributed by atoms with Gasteiger partial charge in [0.1, 0.15) is 0 Å². The Balaban J connectivity index is 1.84. The van der Waals surface area contributed by atoms with E-state index in [0.29, 0.717) is 13.0 Å². The molecule has 1 aliphatic rings. The standard InChI is InChI=1S/C12H15NO2S/c14-12(13-10-5-6-15-8-10)7-9-1-3-11(16)4-2-9/h1-4,10,16H,5-8H2,(H,13,14). The van der Waals surface area contributed by atoms with Crippen molar-refractivity contribution in [1.82, 2.24) is 5.32 Å². The fourth-order valence-corrected chi connectivity index (χ4v) is 1.88. The largest absolute Gasteiger partial charge is 0.379 e. The number of hydrogen-bond donors (Lipinski definition) is 2. The van der Waals surface area contributed by atoms with Gasteiger partial charge in [0, 0.05) is 11.5 Å². The van der Waals surface area contributed by atoms with Crippen LogP contribution in [-0.4, -0.2) is 25.2 Å². The summed E-state index contributed by atoms with van der Waals surface area (Å²) in [4.78, 5) is 12.6. The Hall–Kier alpha value is -1.00. The van der Waals surface area contributed by atoms with Gasteiger partial charge in [0.15, 0.2) is 0 Å². The van der Waals surface area contributed by atoms with Crippen LogP contribution in [0.4, 0.5) is 0 Å². The summed E-state index contributed by atoms with van der Waals surface area (Å²) in [5.41, 5.74) is 1.01. The second-order valence-electron chi connectivity index (χ2n) is 3.97. The average molecular weight is 237 g/mol. The molecule has 16 heavy (non-hydrogen) atoms. The molecule has 3 nitrogen and oxygen atoms in total. The highest BCUT2D eigenvalue weighted by Crippen LogP contribution is 2.09. The lowest BCUT2D eigenvalue weighted by molar-refractivity contribution is -0.121. The molecule has 2 rings (SSSR count). The van der Waals surface area contributed by atoms with Crippen molar-refractivity contribution in [3.8, 4) is 0 Å². The van der Waals surface area contributed by atoms with E-state index >= 15 is 0 Å². The fraction of sp³-hybridized carbons (Fsp3) is 0.417. The van der Waals surface area contributed by atoms with E-state index in [2.05, 4.69) is 17.9 Å². The van der Waals surface area contributed by atoms with Crippen LogP contribution in [0.15, 0.2) is 29.2 Å². The van der Waals surface area contributed by atoms with Crippen LogP contribution in [-0.2, 0) is 16.0 Å². The lowest BCUT2D eigenvalue weighted by Gasteiger charge is -2.10. The Morgan fingerprint density at radius 3 is 2.81 bits per heavy atom. The van der Waals surface area contributed by atoms with Crippen LogP contribution in [0.5, 0.6) is 0 Å². The predicted octanol–water partition coefficient (Wildman–Crippen LogP) is 1.42. The average Bonchev–Trinajstić information content (AvgIpc) is 2.74. The first kappa shape index (κ1) is 11.5. The number of carbonyl (C=O) groups excluding carboxylic acids is 1. The van der Waals surface area contributed by atoms with Gasteiger partial charge in [0.2, 0.25) is 5.91 Å². The normalized spacial score (nSPS) is 19.7. The second kappa shape index (κ2) is 5.37. The summed E-state index contributed by atoms with van der Waals surface area (Å²) >= 11 is 4.20. The summed E-state index contributed by atoms with van der Waals surface area (Å²) in [6.07, 6.45) is 1.34. The van der Waals surface area contributed by atoms with E-state index in [4.69, 9.17) is 4.74 Å². The van der Waals surface area contributed by atoms with Gasteiger partial charge in [-0.05, 0) is 24.1 Å². The van der Waals surface area contributed by atoms with Gasteiger partial charge in [0.05, 0.1) is 19.1 Å². The summed E-state index contributed by atoms with van der Waals surface area (Å²) in [5.74, 6) is 0.0578. The molecule has 1 aromatic carbocycles. The van der Waals surface area contributed by atoms with Crippen LogP contribution in [0.3, 0.4) is 0 Å². The lowest BCUT2D eigenvalue weighted by Crippen LogP contribution is -2.35. The smallest absolute Gasteiger partial charge is 0.224 e. The molecule has 1 aliphatic heterocycles. The summed E-state index contributed by atoms with van der Waals surface area (Å²) in [6, 6.07) is 7.83. The molecular weight excluding hydrogens is 222 g/mol. The molecule has 0 bridgehead atoms. The molecule has 1 N–H and O–H groups in total. The Morgan fingerprint density at radius 2 is 2.19 bits per heavy atom. The molecule has 0 saturated carbocycles. The monoisotopic (exact) mass is 237 g/mol. The van der Waals surface area contributed by atoms with Gasteiger partial charge >= 0.3 is 0 Å². The summed E-state index contributed by atoms with van der Waals surface area (Å²) in [6.45, 7) is 1.39. The summed E-state index contributed by atoms with van der Waals surface area (Å²) in [7, 11) is 0. The zero-order valence-electron chi connectivity index (χ0n) is 8.98. The third kappa shape index (κ3) is 3.25. The molecule has 86 valence electrons. The molecule has 1 atom stereocenters. The Morgan fingerprint density at radius 1 is 1.44 bits per heavy atom. The topological polar surface area (TPSA) is 38.3 Å². The van der Waals surface area contributed by atoms with E-state index in [1.807, 2.05) is 24.3 Å². The van der Waals surface area contributed by atoms with E-state index in [1.165, 1.54) is 0 Å². The molecule has 0 radical (unpaired) electrons. The zero-order valence-corrected chi connectivity index (χ0v) is 9.87. The van der Waals surface area contributed by atoms with Gasteiger partial charge in [-0.15, -0.1) is 12.6 Å². The van der Waals surface area contributed by atoms with Crippen molar-refractivity contribution in [3.05, 3.63) is 29.8 Å². The van der Waals surface area contributed by atoms with Crippen molar-refractivity contribution in [2.24, 2.45) is 0 Å². The summed E-state index contributed by atoms with van der Waals surface area (Å²) < 4.78 is 5.20. The molecular formula is C12H15NO2S. The minimum Gasteiger partial charge on any atom is -0.379 e. The van der Waals surface area contributed by atoms with Crippen molar-refractivity contribution in [2.45, 2.75) is 23.8 Å². The van der Waals surface area contributed by atoms with Crippen LogP contribution in [0, 0.1) is 0 Å². The SMILES string of the molecule is O=C(Cc1ccc(S)cc1)NC1CCOC1. The Labute approximate surface area is 101 Å². The number of thiol groups is 1. The molecule has 1 unspecified atom stereocenters. The Kier molecular flexibility index (Phi) is 3.85. The number of rotatable bonds is 3.